The third kappa shape index (κ3) is 2.14. The van der Waals surface area contributed by atoms with E-state index in [1.807, 2.05) is 11.7 Å². The van der Waals surface area contributed by atoms with E-state index in [1.54, 1.807) is 0 Å². The molecule has 2 aliphatic heterocycles. The molecule has 3 heterocycles. The summed E-state index contributed by atoms with van der Waals surface area (Å²) in [6.45, 7) is 4.75. The van der Waals surface area contributed by atoms with Crippen LogP contribution >= 0.6 is 0 Å². The fourth-order valence-electron chi connectivity index (χ4n) is 3.53. The van der Waals surface area contributed by atoms with E-state index in [0.29, 0.717) is 6.04 Å². The maximum atomic E-state index is 4.52. The molecule has 0 aromatic carbocycles. The Morgan fingerprint density at radius 1 is 1.33 bits per heavy atom. The number of aryl methyl sites for hydroxylation is 2. The monoisotopic (exact) mass is 248 g/mol. The first-order valence-electron chi connectivity index (χ1n) is 7.31. The Labute approximate surface area is 109 Å². The maximum Gasteiger partial charge on any atom is 0.0853 e. The second-order valence-electron chi connectivity index (χ2n) is 5.66. The highest BCUT2D eigenvalue weighted by molar-refractivity contribution is 5.47. The molecule has 0 amide bonds. The van der Waals surface area contributed by atoms with Gasteiger partial charge in [-0.25, -0.2) is 0 Å². The molecule has 4 heteroatoms. The Balaban J connectivity index is 1.72. The first-order valence-corrected chi connectivity index (χ1v) is 7.31. The molecule has 0 spiro atoms. The van der Waals surface area contributed by atoms with Crippen LogP contribution in [0.3, 0.4) is 0 Å². The molecule has 3 rings (SSSR count). The Hall–Kier alpha value is -1.03. The third-order valence-electron chi connectivity index (χ3n) is 4.44. The molecule has 100 valence electrons. The number of hydrogen-bond acceptors (Lipinski definition) is 3. The molecular weight excluding hydrogens is 224 g/mol. The number of anilines is 1. The van der Waals surface area contributed by atoms with Crippen molar-refractivity contribution in [2.24, 2.45) is 7.05 Å². The Bertz CT molecular complexity index is 412. The molecule has 2 saturated heterocycles. The second-order valence-corrected chi connectivity index (χ2v) is 5.66. The number of fused-ring (bicyclic) bond motifs is 1. The van der Waals surface area contributed by atoms with Gasteiger partial charge >= 0.3 is 0 Å². The van der Waals surface area contributed by atoms with E-state index in [1.165, 1.54) is 50.2 Å². The van der Waals surface area contributed by atoms with Gasteiger partial charge in [0.25, 0.3) is 0 Å². The summed E-state index contributed by atoms with van der Waals surface area (Å²) in [5.74, 6) is 0. The van der Waals surface area contributed by atoms with Gasteiger partial charge in [-0.3, -0.25) is 9.58 Å². The van der Waals surface area contributed by atoms with E-state index in [-0.39, 0.29) is 0 Å². The van der Waals surface area contributed by atoms with Crippen molar-refractivity contribution < 1.29 is 0 Å². The van der Waals surface area contributed by atoms with Crippen molar-refractivity contribution in [2.75, 3.05) is 18.4 Å². The summed E-state index contributed by atoms with van der Waals surface area (Å²) < 4.78 is 1.93. The predicted molar refractivity (Wildman–Crippen MR) is 73.8 cm³/mol. The van der Waals surface area contributed by atoms with Crippen molar-refractivity contribution in [3.8, 4) is 0 Å². The highest BCUT2D eigenvalue weighted by Gasteiger charge is 2.35. The van der Waals surface area contributed by atoms with Crippen LogP contribution < -0.4 is 5.32 Å². The standard InChI is InChI=1S/C14H24N4/c1-3-11-13(10-17(2)16-11)15-12-7-9-18-8-5-4-6-14(12)18/h10,12,14-15H,3-9H2,1-2H3. The minimum atomic E-state index is 0.625. The Kier molecular flexibility index (Phi) is 3.29. The predicted octanol–water partition coefficient (Wildman–Crippen LogP) is 2.02. The molecular formula is C14H24N4. The van der Waals surface area contributed by atoms with E-state index in [0.717, 1.165) is 12.5 Å². The number of nitrogens with zero attached hydrogens (tertiary/aromatic N) is 3. The van der Waals surface area contributed by atoms with Gasteiger partial charge in [0, 0.05) is 31.9 Å². The van der Waals surface area contributed by atoms with Gasteiger partial charge in [-0.2, -0.15) is 5.10 Å². The molecule has 0 bridgehead atoms. The van der Waals surface area contributed by atoms with Crippen molar-refractivity contribution in [1.82, 2.24) is 14.7 Å². The number of aromatic nitrogens is 2. The molecule has 0 saturated carbocycles. The van der Waals surface area contributed by atoms with Crippen LogP contribution in [0.2, 0.25) is 0 Å². The molecule has 1 aromatic rings. The van der Waals surface area contributed by atoms with Crippen molar-refractivity contribution >= 4 is 5.69 Å². The van der Waals surface area contributed by atoms with Gasteiger partial charge in [-0.05, 0) is 32.2 Å². The first kappa shape index (κ1) is 12.0. The lowest BCUT2D eigenvalue weighted by atomic mass is 9.99. The van der Waals surface area contributed by atoms with E-state index in [4.69, 9.17) is 0 Å². The zero-order valence-electron chi connectivity index (χ0n) is 11.5. The van der Waals surface area contributed by atoms with Crippen LogP contribution in [0, 0.1) is 0 Å². The van der Waals surface area contributed by atoms with Gasteiger partial charge in [0.2, 0.25) is 0 Å². The summed E-state index contributed by atoms with van der Waals surface area (Å²) in [7, 11) is 2.01. The van der Waals surface area contributed by atoms with Gasteiger partial charge in [0.1, 0.15) is 0 Å². The van der Waals surface area contributed by atoms with Gasteiger partial charge in [0.15, 0.2) is 0 Å². The fraction of sp³-hybridized carbons (Fsp3) is 0.786. The van der Waals surface area contributed by atoms with Gasteiger partial charge in [0.05, 0.1) is 11.4 Å². The maximum absolute atomic E-state index is 4.52. The highest BCUT2D eigenvalue weighted by Crippen LogP contribution is 2.30. The Morgan fingerprint density at radius 2 is 2.22 bits per heavy atom. The van der Waals surface area contributed by atoms with Crippen LogP contribution in [-0.2, 0) is 13.5 Å². The van der Waals surface area contributed by atoms with Crippen molar-refractivity contribution in [2.45, 2.75) is 51.1 Å². The summed E-state index contributed by atoms with van der Waals surface area (Å²) in [4.78, 5) is 2.67. The van der Waals surface area contributed by atoms with E-state index < -0.39 is 0 Å². The van der Waals surface area contributed by atoms with Gasteiger partial charge < -0.3 is 5.32 Å². The first-order chi connectivity index (χ1) is 8.78. The van der Waals surface area contributed by atoms with Crippen molar-refractivity contribution in [3.05, 3.63) is 11.9 Å². The van der Waals surface area contributed by atoms with Gasteiger partial charge in [-0.15, -0.1) is 0 Å². The molecule has 2 fully saturated rings. The van der Waals surface area contributed by atoms with Crippen LogP contribution in [0.4, 0.5) is 5.69 Å². The quantitative estimate of drug-likeness (QED) is 0.888. The number of piperidine rings is 1. The largest absolute Gasteiger partial charge is 0.378 e. The smallest absolute Gasteiger partial charge is 0.0853 e. The van der Waals surface area contributed by atoms with E-state index in [2.05, 4.69) is 28.4 Å². The van der Waals surface area contributed by atoms with Crippen LogP contribution in [0.15, 0.2) is 6.20 Å². The lowest BCUT2D eigenvalue weighted by Crippen LogP contribution is -2.41. The molecule has 18 heavy (non-hydrogen) atoms. The molecule has 1 N–H and O–H groups in total. The minimum Gasteiger partial charge on any atom is -0.378 e. The third-order valence-corrected chi connectivity index (χ3v) is 4.44. The summed E-state index contributed by atoms with van der Waals surface area (Å²) in [5.41, 5.74) is 2.45. The summed E-state index contributed by atoms with van der Waals surface area (Å²) in [6, 6.07) is 1.38. The van der Waals surface area contributed by atoms with Crippen LogP contribution in [-0.4, -0.2) is 39.9 Å². The number of rotatable bonds is 3. The van der Waals surface area contributed by atoms with Crippen molar-refractivity contribution in [3.63, 3.8) is 0 Å². The van der Waals surface area contributed by atoms with Gasteiger partial charge in [-0.1, -0.05) is 13.3 Å². The van der Waals surface area contributed by atoms with E-state index in [9.17, 15) is 0 Å². The summed E-state index contributed by atoms with van der Waals surface area (Å²) in [5, 5.41) is 8.27. The lowest BCUT2D eigenvalue weighted by Gasteiger charge is -2.32. The molecule has 2 unspecified atom stereocenters. The lowest BCUT2D eigenvalue weighted by molar-refractivity contribution is 0.192. The topological polar surface area (TPSA) is 33.1 Å². The SMILES string of the molecule is CCc1nn(C)cc1NC1CCN2CCCCC12. The molecule has 0 radical (unpaired) electrons. The zero-order chi connectivity index (χ0) is 12.5. The van der Waals surface area contributed by atoms with Crippen LogP contribution in [0.5, 0.6) is 0 Å². The van der Waals surface area contributed by atoms with Crippen LogP contribution in [0.25, 0.3) is 0 Å². The van der Waals surface area contributed by atoms with E-state index >= 15 is 0 Å². The molecule has 2 aliphatic rings. The molecule has 0 aliphatic carbocycles. The van der Waals surface area contributed by atoms with Crippen molar-refractivity contribution in [1.29, 1.82) is 0 Å². The molecule has 2 atom stereocenters. The second kappa shape index (κ2) is 4.92. The zero-order valence-corrected chi connectivity index (χ0v) is 11.5. The normalized spacial score (nSPS) is 28.3. The number of hydrogen-bond donors (Lipinski definition) is 1. The molecule has 4 nitrogen and oxygen atoms in total. The minimum absolute atomic E-state index is 0.625. The van der Waals surface area contributed by atoms with Crippen LogP contribution in [0.1, 0.15) is 38.3 Å². The fourth-order valence-corrected chi connectivity index (χ4v) is 3.53. The summed E-state index contributed by atoms with van der Waals surface area (Å²) in [6.07, 6.45) is 8.56. The highest BCUT2D eigenvalue weighted by atomic mass is 15.3. The Morgan fingerprint density at radius 3 is 3.06 bits per heavy atom. The molecule has 1 aromatic heterocycles. The number of nitrogens with one attached hydrogen (secondary N) is 1. The summed E-state index contributed by atoms with van der Waals surface area (Å²) >= 11 is 0. The average molecular weight is 248 g/mol. The average Bonchev–Trinajstić information content (AvgIpc) is 2.94.